The molecule has 25 heavy (non-hydrogen) atoms. The molecule has 0 amide bonds. The van der Waals surface area contributed by atoms with Crippen LogP contribution in [0.1, 0.15) is 11.1 Å². The lowest BCUT2D eigenvalue weighted by atomic mass is 10.00. The molecule has 0 saturated carbocycles. The van der Waals surface area contributed by atoms with Gasteiger partial charge in [0.2, 0.25) is 0 Å². The van der Waals surface area contributed by atoms with Crippen LogP contribution in [-0.2, 0) is 19.5 Å². The van der Waals surface area contributed by atoms with Crippen LogP contribution < -0.4 is 0 Å². The van der Waals surface area contributed by atoms with E-state index in [0.717, 1.165) is 31.0 Å². The Bertz CT molecular complexity index is 830. The molecule has 0 saturated heterocycles. The van der Waals surface area contributed by atoms with Crippen LogP contribution in [0.4, 0.5) is 0 Å². The van der Waals surface area contributed by atoms with E-state index in [4.69, 9.17) is 0 Å². The fraction of sp³-hybridized carbons (Fsp3) is 0.300. The van der Waals surface area contributed by atoms with Gasteiger partial charge in [-0.3, -0.25) is 9.88 Å². The molecule has 0 bridgehead atoms. The first-order chi connectivity index (χ1) is 12.3. The maximum absolute atomic E-state index is 10.6. The normalized spacial score (nSPS) is 15.7. The minimum absolute atomic E-state index is 0.443. The average Bonchev–Trinajstić information content (AvgIpc) is 3.10. The molecule has 1 N–H and O–H groups in total. The van der Waals surface area contributed by atoms with Crippen molar-refractivity contribution in [1.29, 1.82) is 0 Å². The molecule has 1 aliphatic rings. The minimum Gasteiger partial charge on any atom is -0.390 e. The van der Waals surface area contributed by atoms with E-state index in [1.807, 2.05) is 29.0 Å². The summed E-state index contributed by atoms with van der Waals surface area (Å²) in [6.45, 7) is 3.08. The lowest BCUT2D eigenvalue weighted by molar-refractivity contribution is 0.0921. The van der Waals surface area contributed by atoms with Gasteiger partial charge in [0.05, 0.1) is 12.6 Å². The molecule has 0 radical (unpaired) electrons. The van der Waals surface area contributed by atoms with E-state index in [9.17, 15) is 5.11 Å². The highest BCUT2D eigenvalue weighted by molar-refractivity contribution is 5.49. The number of aromatic nitrogens is 3. The molecule has 1 aliphatic heterocycles. The van der Waals surface area contributed by atoms with Crippen molar-refractivity contribution in [3.8, 4) is 11.5 Å². The van der Waals surface area contributed by atoms with Crippen molar-refractivity contribution in [1.82, 2.24) is 19.4 Å². The van der Waals surface area contributed by atoms with Crippen molar-refractivity contribution >= 4 is 0 Å². The van der Waals surface area contributed by atoms with Crippen molar-refractivity contribution in [3.63, 3.8) is 0 Å². The summed E-state index contributed by atoms with van der Waals surface area (Å²) < 4.78 is 1.98. The van der Waals surface area contributed by atoms with Crippen LogP contribution in [0.3, 0.4) is 0 Å². The Hall–Kier alpha value is -2.50. The standard InChI is InChI=1S/C20H22N4O/c25-18(14-23-11-8-16-5-1-2-6-17(16)13-23)15-24-12-10-22-20(24)19-7-3-4-9-21-19/h1-7,9-10,12,18,25H,8,11,13-15H2. The van der Waals surface area contributed by atoms with Gasteiger partial charge in [-0.2, -0.15) is 0 Å². The Labute approximate surface area is 147 Å². The second kappa shape index (κ2) is 7.17. The number of β-amino-alcohol motifs (C(OH)–C–C–N with tert-alkyl or cyclic N) is 1. The molecule has 4 rings (SSSR count). The van der Waals surface area contributed by atoms with Crippen LogP contribution in [-0.4, -0.2) is 43.7 Å². The second-order valence-electron chi connectivity index (χ2n) is 6.53. The summed E-state index contributed by atoms with van der Waals surface area (Å²) >= 11 is 0. The molecule has 1 atom stereocenters. The maximum Gasteiger partial charge on any atom is 0.158 e. The van der Waals surface area contributed by atoms with Gasteiger partial charge in [0, 0.05) is 38.2 Å². The average molecular weight is 334 g/mol. The molecule has 2 aromatic heterocycles. The Balaban J connectivity index is 1.41. The molecule has 5 nitrogen and oxygen atoms in total. The summed E-state index contributed by atoms with van der Waals surface area (Å²) in [7, 11) is 0. The maximum atomic E-state index is 10.6. The van der Waals surface area contributed by atoms with Crippen LogP contribution in [0, 0.1) is 0 Å². The highest BCUT2D eigenvalue weighted by atomic mass is 16.3. The summed E-state index contributed by atoms with van der Waals surface area (Å²) in [5.74, 6) is 0.795. The van der Waals surface area contributed by atoms with Gasteiger partial charge in [-0.1, -0.05) is 30.3 Å². The van der Waals surface area contributed by atoms with Crippen LogP contribution >= 0.6 is 0 Å². The predicted octanol–water partition coefficient (Wildman–Crippen LogP) is 2.36. The first-order valence-electron chi connectivity index (χ1n) is 8.69. The highest BCUT2D eigenvalue weighted by Gasteiger charge is 2.19. The molecule has 0 aliphatic carbocycles. The van der Waals surface area contributed by atoms with Gasteiger partial charge in [-0.15, -0.1) is 0 Å². The van der Waals surface area contributed by atoms with Crippen LogP contribution in [0.5, 0.6) is 0 Å². The Morgan fingerprint density at radius 1 is 0.960 bits per heavy atom. The Kier molecular flexibility index (Phi) is 4.59. The summed E-state index contributed by atoms with van der Waals surface area (Å²) in [6.07, 6.45) is 6.03. The lowest BCUT2D eigenvalue weighted by Crippen LogP contribution is -2.38. The number of hydrogen-bond acceptors (Lipinski definition) is 4. The van der Waals surface area contributed by atoms with Crippen molar-refractivity contribution < 1.29 is 5.11 Å². The number of fused-ring (bicyclic) bond motifs is 1. The van der Waals surface area contributed by atoms with Crippen LogP contribution in [0.15, 0.2) is 61.1 Å². The van der Waals surface area contributed by atoms with Crippen molar-refractivity contribution in [2.24, 2.45) is 0 Å². The summed E-state index contributed by atoms with van der Waals surface area (Å²) in [6, 6.07) is 14.3. The largest absolute Gasteiger partial charge is 0.390 e. The monoisotopic (exact) mass is 334 g/mol. The number of aliphatic hydroxyl groups excluding tert-OH is 1. The molecule has 3 aromatic rings. The first kappa shape index (κ1) is 16.0. The quantitative estimate of drug-likeness (QED) is 0.778. The van der Waals surface area contributed by atoms with Crippen molar-refractivity contribution in [2.75, 3.05) is 13.1 Å². The van der Waals surface area contributed by atoms with E-state index in [1.165, 1.54) is 11.1 Å². The SMILES string of the molecule is OC(CN1CCc2ccccc2C1)Cn1ccnc1-c1ccccn1. The highest BCUT2D eigenvalue weighted by Crippen LogP contribution is 2.19. The molecule has 5 heteroatoms. The van der Waals surface area contributed by atoms with Gasteiger partial charge < -0.3 is 9.67 Å². The number of pyridine rings is 1. The van der Waals surface area contributed by atoms with Crippen LogP contribution in [0.25, 0.3) is 11.5 Å². The smallest absolute Gasteiger partial charge is 0.158 e. The zero-order valence-corrected chi connectivity index (χ0v) is 14.1. The third-order valence-corrected chi connectivity index (χ3v) is 4.70. The van der Waals surface area contributed by atoms with Gasteiger partial charge in [-0.05, 0) is 29.7 Å². The molecule has 3 heterocycles. The fourth-order valence-corrected chi connectivity index (χ4v) is 3.48. The van der Waals surface area contributed by atoms with E-state index in [0.29, 0.717) is 13.1 Å². The van der Waals surface area contributed by atoms with Crippen LogP contribution in [0.2, 0.25) is 0 Å². The minimum atomic E-state index is -0.443. The number of rotatable bonds is 5. The molecule has 1 aromatic carbocycles. The topological polar surface area (TPSA) is 54.2 Å². The summed E-state index contributed by atoms with van der Waals surface area (Å²) in [4.78, 5) is 11.1. The zero-order chi connectivity index (χ0) is 17.1. The predicted molar refractivity (Wildman–Crippen MR) is 96.9 cm³/mol. The molecule has 0 fully saturated rings. The van der Waals surface area contributed by atoms with Gasteiger partial charge in [-0.25, -0.2) is 4.98 Å². The molecule has 0 spiro atoms. The number of aliphatic hydroxyl groups is 1. The Morgan fingerprint density at radius 2 is 1.80 bits per heavy atom. The molecule has 128 valence electrons. The van der Waals surface area contributed by atoms with E-state index < -0.39 is 6.10 Å². The summed E-state index contributed by atoms with van der Waals surface area (Å²) in [5.41, 5.74) is 3.63. The second-order valence-corrected chi connectivity index (χ2v) is 6.53. The number of hydrogen-bond donors (Lipinski definition) is 1. The number of nitrogens with zero attached hydrogens (tertiary/aromatic N) is 4. The fourth-order valence-electron chi connectivity index (χ4n) is 3.48. The molecule has 1 unspecified atom stereocenters. The molecular weight excluding hydrogens is 312 g/mol. The third-order valence-electron chi connectivity index (χ3n) is 4.70. The van der Waals surface area contributed by atoms with Gasteiger partial charge in [0.15, 0.2) is 5.82 Å². The first-order valence-corrected chi connectivity index (χ1v) is 8.69. The van der Waals surface area contributed by atoms with Gasteiger partial charge >= 0.3 is 0 Å². The van der Waals surface area contributed by atoms with Crippen molar-refractivity contribution in [2.45, 2.75) is 25.6 Å². The lowest BCUT2D eigenvalue weighted by Gasteiger charge is -2.30. The molecular formula is C20H22N4O. The van der Waals surface area contributed by atoms with Crippen molar-refractivity contribution in [3.05, 3.63) is 72.2 Å². The van der Waals surface area contributed by atoms with E-state index in [1.54, 1.807) is 12.4 Å². The van der Waals surface area contributed by atoms with E-state index >= 15 is 0 Å². The zero-order valence-electron chi connectivity index (χ0n) is 14.1. The summed E-state index contributed by atoms with van der Waals surface area (Å²) in [5, 5.41) is 10.6. The van der Waals surface area contributed by atoms with E-state index in [2.05, 4.69) is 39.1 Å². The Morgan fingerprint density at radius 3 is 2.64 bits per heavy atom. The van der Waals surface area contributed by atoms with E-state index in [-0.39, 0.29) is 0 Å². The van der Waals surface area contributed by atoms with Gasteiger partial charge in [0.25, 0.3) is 0 Å². The van der Waals surface area contributed by atoms with Gasteiger partial charge in [0.1, 0.15) is 5.69 Å². The third kappa shape index (κ3) is 3.62. The number of imidazole rings is 1. The number of benzene rings is 1.